The lowest BCUT2D eigenvalue weighted by atomic mass is 10.1. The van der Waals surface area contributed by atoms with E-state index in [0.29, 0.717) is 16.3 Å². The third-order valence-electron chi connectivity index (χ3n) is 4.26. The second-order valence-electron chi connectivity index (χ2n) is 6.04. The largest absolute Gasteiger partial charge is 0.496 e. The smallest absolute Gasteiger partial charge is 0.317 e. The first-order chi connectivity index (χ1) is 12.6. The Hall–Kier alpha value is -2.58. The Labute approximate surface area is 155 Å². The molecule has 1 saturated heterocycles. The minimum absolute atomic E-state index is 0.125. The Morgan fingerprint density at radius 3 is 2.69 bits per heavy atom. The molecule has 3 rings (SSSR count). The van der Waals surface area contributed by atoms with Crippen molar-refractivity contribution < 1.29 is 14.3 Å². The van der Waals surface area contributed by atoms with Crippen molar-refractivity contribution in [1.82, 2.24) is 10.6 Å². The molecule has 1 aliphatic heterocycles. The summed E-state index contributed by atoms with van der Waals surface area (Å²) in [6.45, 7) is 1.76. The zero-order valence-corrected chi connectivity index (χ0v) is 15.3. The fraction of sp³-hybridized carbons (Fsp3) is 0.333. The number of piperidine rings is 1. The van der Waals surface area contributed by atoms with Gasteiger partial charge in [0, 0.05) is 16.5 Å². The van der Waals surface area contributed by atoms with Crippen LogP contribution in [-0.2, 0) is 0 Å². The standard InChI is InChI=1S/C18H22N4O3S/c1-25-14-5-3-2-4-12(14)15-10-13(17(26-15)22-18(19)24)16(23)21-11-6-8-20-9-7-11/h2-5,10-11,20H,6-9H2,1H3,(H,21,23)(H3,19,22,24). The molecule has 0 radical (unpaired) electrons. The normalized spacial score (nSPS) is 14.7. The SMILES string of the molecule is COc1ccccc1-c1cc(C(=O)NC2CCNCC2)c(NC(N)=O)s1. The number of methoxy groups -OCH3 is 1. The van der Waals surface area contributed by atoms with E-state index >= 15 is 0 Å². The highest BCUT2D eigenvalue weighted by molar-refractivity contribution is 7.20. The number of hydrogen-bond acceptors (Lipinski definition) is 5. The van der Waals surface area contributed by atoms with Gasteiger partial charge >= 0.3 is 6.03 Å². The van der Waals surface area contributed by atoms with Gasteiger partial charge in [-0.2, -0.15) is 0 Å². The lowest BCUT2D eigenvalue weighted by molar-refractivity contribution is 0.0931. The van der Waals surface area contributed by atoms with Crippen LogP contribution in [0.3, 0.4) is 0 Å². The number of amides is 3. The maximum atomic E-state index is 12.8. The number of thiophene rings is 1. The van der Waals surface area contributed by atoms with E-state index in [9.17, 15) is 9.59 Å². The maximum Gasteiger partial charge on any atom is 0.317 e. The van der Waals surface area contributed by atoms with Gasteiger partial charge in [-0.05, 0) is 44.1 Å². The number of benzene rings is 1. The van der Waals surface area contributed by atoms with E-state index in [1.165, 1.54) is 11.3 Å². The van der Waals surface area contributed by atoms with Crippen LogP contribution in [0.5, 0.6) is 5.75 Å². The average molecular weight is 374 g/mol. The summed E-state index contributed by atoms with van der Waals surface area (Å²) in [6.07, 6.45) is 1.77. The van der Waals surface area contributed by atoms with Gasteiger partial charge in [0.1, 0.15) is 10.8 Å². The molecule has 1 aliphatic rings. The van der Waals surface area contributed by atoms with Gasteiger partial charge in [0.2, 0.25) is 0 Å². The topological polar surface area (TPSA) is 105 Å². The summed E-state index contributed by atoms with van der Waals surface area (Å²) in [5.74, 6) is 0.489. The van der Waals surface area contributed by atoms with Crippen LogP contribution in [0.15, 0.2) is 30.3 Å². The average Bonchev–Trinajstić information content (AvgIpc) is 3.05. The summed E-state index contributed by atoms with van der Waals surface area (Å²) < 4.78 is 5.40. The zero-order valence-electron chi connectivity index (χ0n) is 14.5. The monoisotopic (exact) mass is 374 g/mol. The van der Waals surface area contributed by atoms with Crippen molar-refractivity contribution >= 4 is 28.3 Å². The highest BCUT2D eigenvalue weighted by atomic mass is 32.1. The molecule has 8 heteroatoms. The minimum Gasteiger partial charge on any atom is -0.496 e. The first-order valence-corrected chi connectivity index (χ1v) is 9.25. The molecular weight excluding hydrogens is 352 g/mol. The van der Waals surface area contributed by atoms with Crippen LogP contribution in [0.4, 0.5) is 9.80 Å². The maximum absolute atomic E-state index is 12.8. The molecule has 1 aromatic carbocycles. The van der Waals surface area contributed by atoms with E-state index in [2.05, 4.69) is 16.0 Å². The molecule has 2 aromatic rings. The number of urea groups is 1. The predicted molar refractivity (Wildman–Crippen MR) is 103 cm³/mol. The van der Waals surface area contributed by atoms with Crippen LogP contribution >= 0.6 is 11.3 Å². The third-order valence-corrected chi connectivity index (χ3v) is 5.34. The van der Waals surface area contributed by atoms with Crippen molar-refractivity contribution in [3.05, 3.63) is 35.9 Å². The van der Waals surface area contributed by atoms with Crippen LogP contribution in [0.25, 0.3) is 10.4 Å². The van der Waals surface area contributed by atoms with E-state index in [4.69, 9.17) is 10.5 Å². The Balaban J connectivity index is 1.91. The van der Waals surface area contributed by atoms with Crippen LogP contribution in [-0.4, -0.2) is 38.2 Å². The lowest BCUT2D eigenvalue weighted by Crippen LogP contribution is -2.42. The molecule has 0 aliphatic carbocycles. The molecular formula is C18H22N4O3S. The van der Waals surface area contributed by atoms with Crippen LogP contribution in [0.2, 0.25) is 0 Å². The van der Waals surface area contributed by atoms with Crippen molar-refractivity contribution in [2.75, 3.05) is 25.5 Å². The predicted octanol–water partition coefficient (Wildman–Crippen LogP) is 2.40. The quantitative estimate of drug-likeness (QED) is 0.645. The fourth-order valence-electron chi connectivity index (χ4n) is 2.97. The van der Waals surface area contributed by atoms with Crippen molar-refractivity contribution in [3.8, 4) is 16.2 Å². The van der Waals surface area contributed by atoms with Crippen molar-refractivity contribution in [3.63, 3.8) is 0 Å². The zero-order chi connectivity index (χ0) is 18.5. The number of rotatable bonds is 5. The molecule has 1 fully saturated rings. The first-order valence-electron chi connectivity index (χ1n) is 8.43. The number of carbonyl (C=O) groups excluding carboxylic acids is 2. The van der Waals surface area contributed by atoms with Crippen LogP contribution in [0.1, 0.15) is 23.2 Å². The first kappa shape index (κ1) is 18.2. The van der Waals surface area contributed by atoms with Crippen molar-refractivity contribution in [1.29, 1.82) is 0 Å². The number of para-hydroxylation sites is 1. The molecule has 3 amide bonds. The number of primary amides is 1. The van der Waals surface area contributed by atoms with E-state index in [0.717, 1.165) is 36.4 Å². The number of nitrogens with one attached hydrogen (secondary N) is 3. The van der Waals surface area contributed by atoms with E-state index in [1.54, 1.807) is 13.2 Å². The molecule has 26 heavy (non-hydrogen) atoms. The number of carbonyl (C=O) groups is 2. The second kappa shape index (κ2) is 8.20. The Morgan fingerprint density at radius 2 is 2.00 bits per heavy atom. The number of nitrogens with two attached hydrogens (primary N) is 1. The Kier molecular flexibility index (Phi) is 5.75. The number of anilines is 1. The number of hydrogen-bond donors (Lipinski definition) is 4. The third kappa shape index (κ3) is 4.14. The van der Waals surface area contributed by atoms with Gasteiger partial charge in [-0.3, -0.25) is 10.1 Å². The van der Waals surface area contributed by atoms with Crippen molar-refractivity contribution in [2.24, 2.45) is 5.73 Å². The van der Waals surface area contributed by atoms with Gasteiger partial charge in [0.05, 0.1) is 12.7 Å². The highest BCUT2D eigenvalue weighted by Crippen LogP contribution is 2.39. The van der Waals surface area contributed by atoms with E-state index in [-0.39, 0.29) is 11.9 Å². The Bertz CT molecular complexity index is 799. The molecule has 138 valence electrons. The molecule has 0 saturated carbocycles. The lowest BCUT2D eigenvalue weighted by Gasteiger charge is -2.23. The molecule has 2 heterocycles. The second-order valence-corrected chi connectivity index (χ2v) is 7.09. The summed E-state index contributed by atoms with van der Waals surface area (Å²) in [7, 11) is 1.60. The molecule has 0 spiro atoms. The molecule has 7 nitrogen and oxygen atoms in total. The summed E-state index contributed by atoms with van der Waals surface area (Å²) in [6, 6.07) is 8.73. The van der Waals surface area contributed by atoms with Crippen LogP contribution in [0, 0.1) is 0 Å². The van der Waals surface area contributed by atoms with Gasteiger partial charge in [-0.25, -0.2) is 4.79 Å². The highest BCUT2D eigenvalue weighted by Gasteiger charge is 2.22. The number of ether oxygens (including phenoxy) is 1. The molecule has 0 unspecified atom stereocenters. The molecule has 0 atom stereocenters. The summed E-state index contributed by atoms with van der Waals surface area (Å²) in [4.78, 5) is 24.9. The molecule has 5 N–H and O–H groups in total. The molecule has 1 aromatic heterocycles. The van der Waals surface area contributed by atoms with Crippen LogP contribution < -0.4 is 26.4 Å². The summed E-state index contributed by atoms with van der Waals surface area (Å²) in [5.41, 5.74) is 6.54. The van der Waals surface area contributed by atoms with Gasteiger partial charge in [-0.15, -0.1) is 11.3 Å². The van der Waals surface area contributed by atoms with Gasteiger partial charge in [0.25, 0.3) is 5.91 Å². The van der Waals surface area contributed by atoms with Gasteiger partial charge in [0.15, 0.2) is 0 Å². The van der Waals surface area contributed by atoms with E-state index in [1.807, 2.05) is 24.3 Å². The summed E-state index contributed by atoms with van der Waals surface area (Å²) >= 11 is 1.30. The minimum atomic E-state index is -0.700. The van der Waals surface area contributed by atoms with E-state index < -0.39 is 6.03 Å². The van der Waals surface area contributed by atoms with Gasteiger partial charge < -0.3 is 21.1 Å². The summed E-state index contributed by atoms with van der Waals surface area (Å²) in [5, 5.41) is 9.31. The van der Waals surface area contributed by atoms with Crippen molar-refractivity contribution in [2.45, 2.75) is 18.9 Å². The van der Waals surface area contributed by atoms with Gasteiger partial charge in [-0.1, -0.05) is 12.1 Å². The Morgan fingerprint density at radius 1 is 1.27 bits per heavy atom. The molecule has 0 bridgehead atoms. The fourth-order valence-corrected chi connectivity index (χ4v) is 4.06.